The second kappa shape index (κ2) is 7.77. The number of amides is 1. The van der Waals surface area contributed by atoms with E-state index in [1.165, 1.54) is 0 Å². The minimum absolute atomic E-state index is 0.0891. The first-order chi connectivity index (χ1) is 8.16. The van der Waals surface area contributed by atoms with Gasteiger partial charge in [0, 0.05) is 6.54 Å². The maximum absolute atomic E-state index is 11.4. The summed E-state index contributed by atoms with van der Waals surface area (Å²) in [6.07, 6.45) is 2.94. The van der Waals surface area contributed by atoms with Gasteiger partial charge < -0.3 is 19.8 Å². The van der Waals surface area contributed by atoms with Gasteiger partial charge in [0.2, 0.25) is 0 Å². The van der Waals surface area contributed by atoms with Crippen LogP contribution in [-0.2, 0) is 9.30 Å². The van der Waals surface area contributed by atoms with Crippen molar-refractivity contribution in [2.24, 2.45) is 0 Å². The van der Waals surface area contributed by atoms with Crippen molar-refractivity contribution in [3.8, 4) is 0 Å². The first-order valence-electron chi connectivity index (χ1n) is 6.18. The number of rotatable bonds is 8. The fraction of sp³-hybridized carbons (Fsp3) is 0.909. The molecule has 0 saturated heterocycles. The quantitative estimate of drug-likeness (QED) is 0.468. The van der Waals surface area contributed by atoms with Crippen LogP contribution in [0, 0.1) is 0 Å². The number of carbonyl (C=O) groups is 1. The van der Waals surface area contributed by atoms with Crippen LogP contribution in [0.15, 0.2) is 0 Å². The summed E-state index contributed by atoms with van der Waals surface area (Å²) in [6, 6.07) is 0. The molecule has 0 heterocycles. The number of nitrogens with one attached hydrogen (secondary N) is 1. The van der Waals surface area contributed by atoms with Crippen molar-refractivity contribution in [2.75, 3.05) is 12.7 Å². The van der Waals surface area contributed by atoms with Gasteiger partial charge in [-0.15, -0.1) is 0 Å². The summed E-state index contributed by atoms with van der Waals surface area (Å²) in [7, 11) is -4.07. The third-order valence-corrected chi connectivity index (χ3v) is 3.23. The Morgan fingerprint density at radius 1 is 1.33 bits per heavy atom. The average Bonchev–Trinajstić information content (AvgIpc) is 2.14. The Morgan fingerprint density at radius 2 is 1.94 bits per heavy atom. The maximum Gasteiger partial charge on any atom is 0.407 e. The van der Waals surface area contributed by atoms with Crippen LogP contribution >= 0.6 is 7.60 Å². The SMILES string of the molecule is CCCCCC(C)(C)OC(=O)NCCP(=O)(O)O. The largest absolute Gasteiger partial charge is 0.444 e. The molecule has 0 aliphatic heterocycles. The van der Waals surface area contributed by atoms with E-state index in [-0.39, 0.29) is 12.7 Å². The topological polar surface area (TPSA) is 95.9 Å². The van der Waals surface area contributed by atoms with E-state index in [0.29, 0.717) is 0 Å². The number of alkyl carbamates (subject to hydrolysis) is 1. The minimum atomic E-state index is -4.07. The standard InChI is InChI=1S/C11H24NO5P/c1-4-5-6-7-11(2,3)17-10(13)12-8-9-18(14,15)16/h4-9H2,1-3H3,(H,12,13)(H2,14,15,16). The lowest BCUT2D eigenvalue weighted by Gasteiger charge is -2.25. The molecular weight excluding hydrogens is 257 g/mol. The van der Waals surface area contributed by atoms with Crippen LogP contribution in [0.5, 0.6) is 0 Å². The molecule has 0 aliphatic rings. The van der Waals surface area contributed by atoms with Crippen LogP contribution in [0.1, 0.15) is 46.5 Å². The highest BCUT2D eigenvalue weighted by Crippen LogP contribution is 2.32. The Morgan fingerprint density at radius 3 is 2.44 bits per heavy atom. The fourth-order valence-corrected chi connectivity index (χ4v) is 1.85. The first-order valence-corrected chi connectivity index (χ1v) is 7.97. The number of hydrogen-bond donors (Lipinski definition) is 3. The van der Waals surface area contributed by atoms with Gasteiger partial charge in [-0.3, -0.25) is 4.57 Å². The van der Waals surface area contributed by atoms with Gasteiger partial charge >= 0.3 is 13.7 Å². The molecule has 0 aromatic carbocycles. The highest BCUT2D eigenvalue weighted by molar-refractivity contribution is 7.51. The second-order valence-corrected chi connectivity index (χ2v) is 6.70. The predicted molar refractivity (Wildman–Crippen MR) is 69.6 cm³/mol. The van der Waals surface area contributed by atoms with Crippen molar-refractivity contribution in [1.29, 1.82) is 0 Å². The smallest absolute Gasteiger partial charge is 0.407 e. The molecule has 0 saturated carbocycles. The van der Waals surface area contributed by atoms with E-state index >= 15 is 0 Å². The number of unbranched alkanes of at least 4 members (excludes halogenated alkanes) is 2. The average molecular weight is 281 g/mol. The van der Waals surface area contributed by atoms with Gasteiger partial charge in [-0.25, -0.2) is 4.79 Å². The molecule has 0 fully saturated rings. The molecule has 18 heavy (non-hydrogen) atoms. The van der Waals surface area contributed by atoms with E-state index in [2.05, 4.69) is 12.2 Å². The van der Waals surface area contributed by atoms with Gasteiger partial charge in [-0.05, 0) is 26.7 Å². The number of hydrogen-bond acceptors (Lipinski definition) is 3. The van der Waals surface area contributed by atoms with Crippen molar-refractivity contribution in [3.05, 3.63) is 0 Å². The maximum atomic E-state index is 11.4. The predicted octanol–water partition coefficient (Wildman–Crippen LogP) is 2.25. The summed E-state index contributed by atoms with van der Waals surface area (Å²) in [5.41, 5.74) is -0.554. The molecule has 0 radical (unpaired) electrons. The summed E-state index contributed by atoms with van der Waals surface area (Å²) < 4.78 is 15.8. The lowest BCUT2D eigenvalue weighted by Crippen LogP contribution is -2.35. The monoisotopic (exact) mass is 281 g/mol. The molecule has 1 amide bonds. The third-order valence-electron chi connectivity index (χ3n) is 2.42. The number of carbonyl (C=O) groups excluding carboxylic acids is 1. The molecule has 0 aromatic heterocycles. The van der Waals surface area contributed by atoms with E-state index in [1.54, 1.807) is 0 Å². The van der Waals surface area contributed by atoms with Gasteiger partial charge in [-0.2, -0.15) is 0 Å². The van der Waals surface area contributed by atoms with Gasteiger partial charge in [0.15, 0.2) is 0 Å². The minimum Gasteiger partial charge on any atom is -0.444 e. The van der Waals surface area contributed by atoms with E-state index in [0.717, 1.165) is 25.7 Å². The van der Waals surface area contributed by atoms with Gasteiger partial charge in [0.25, 0.3) is 0 Å². The van der Waals surface area contributed by atoms with Crippen LogP contribution in [-0.4, -0.2) is 34.2 Å². The highest BCUT2D eigenvalue weighted by atomic mass is 31.2. The van der Waals surface area contributed by atoms with Crippen molar-refractivity contribution in [3.63, 3.8) is 0 Å². The zero-order chi connectivity index (χ0) is 14.2. The van der Waals surface area contributed by atoms with Crippen molar-refractivity contribution >= 4 is 13.7 Å². The van der Waals surface area contributed by atoms with Gasteiger partial charge in [0.1, 0.15) is 5.60 Å². The Hall–Kier alpha value is -0.580. The highest BCUT2D eigenvalue weighted by Gasteiger charge is 2.22. The molecule has 3 N–H and O–H groups in total. The van der Waals surface area contributed by atoms with E-state index in [1.807, 2.05) is 13.8 Å². The summed E-state index contributed by atoms with van der Waals surface area (Å²) >= 11 is 0. The van der Waals surface area contributed by atoms with E-state index in [4.69, 9.17) is 14.5 Å². The number of ether oxygens (including phenoxy) is 1. The first kappa shape index (κ1) is 17.4. The fourth-order valence-electron chi connectivity index (χ4n) is 1.44. The normalized spacial score (nSPS) is 12.3. The molecule has 0 atom stereocenters. The van der Waals surface area contributed by atoms with Crippen molar-refractivity contribution < 1.29 is 23.9 Å². The van der Waals surface area contributed by atoms with Crippen LogP contribution in [0.2, 0.25) is 0 Å². The zero-order valence-electron chi connectivity index (χ0n) is 11.3. The third kappa shape index (κ3) is 10.6. The summed E-state index contributed by atoms with van der Waals surface area (Å²) in [5.74, 6) is 0. The summed E-state index contributed by atoms with van der Waals surface area (Å²) in [5, 5.41) is 2.33. The lowest BCUT2D eigenvalue weighted by molar-refractivity contribution is 0.0313. The van der Waals surface area contributed by atoms with Crippen LogP contribution in [0.4, 0.5) is 4.79 Å². The van der Waals surface area contributed by atoms with E-state index < -0.39 is 19.3 Å². The molecule has 0 rings (SSSR count). The molecule has 108 valence electrons. The summed E-state index contributed by atoms with van der Waals surface area (Å²) in [6.45, 7) is 5.66. The van der Waals surface area contributed by atoms with Crippen molar-refractivity contribution in [2.45, 2.75) is 52.1 Å². The lowest BCUT2D eigenvalue weighted by atomic mass is 10.0. The summed E-state index contributed by atoms with van der Waals surface area (Å²) in [4.78, 5) is 28.6. The molecule has 0 aromatic rings. The molecule has 0 bridgehead atoms. The van der Waals surface area contributed by atoms with Gasteiger partial charge in [-0.1, -0.05) is 19.8 Å². The zero-order valence-corrected chi connectivity index (χ0v) is 12.2. The van der Waals surface area contributed by atoms with Gasteiger partial charge in [0.05, 0.1) is 6.16 Å². The van der Waals surface area contributed by atoms with Crippen LogP contribution < -0.4 is 5.32 Å². The second-order valence-electron chi connectivity index (χ2n) is 4.92. The molecular formula is C11H24NO5P. The van der Waals surface area contributed by atoms with E-state index in [9.17, 15) is 9.36 Å². The Balaban J connectivity index is 3.88. The Labute approximate surface area is 108 Å². The molecule has 0 unspecified atom stereocenters. The van der Waals surface area contributed by atoms with Crippen molar-refractivity contribution in [1.82, 2.24) is 5.32 Å². The Bertz CT molecular complexity index is 300. The Kier molecular flexibility index (Phi) is 7.52. The van der Waals surface area contributed by atoms with Crippen LogP contribution in [0.25, 0.3) is 0 Å². The molecule has 0 spiro atoms. The molecule has 7 heteroatoms. The molecule has 6 nitrogen and oxygen atoms in total. The van der Waals surface area contributed by atoms with Crippen LogP contribution in [0.3, 0.4) is 0 Å². The molecule has 0 aliphatic carbocycles.